The van der Waals surface area contributed by atoms with Crippen molar-refractivity contribution in [3.8, 4) is 0 Å². The lowest BCUT2D eigenvalue weighted by atomic mass is 10.1. The second-order valence-electron chi connectivity index (χ2n) is 7.33. The van der Waals surface area contributed by atoms with Gasteiger partial charge in [-0.05, 0) is 17.7 Å². The van der Waals surface area contributed by atoms with E-state index in [4.69, 9.17) is 0 Å². The van der Waals surface area contributed by atoms with Gasteiger partial charge in [0.05, 0.1) is 5.92 Å². The molecule has 5 heteroatoms. The second-order valence-corrected chi connectivity index (χ2v) is 7.33. The van der Waals surface area contributed by atoms with E-state index in [1.165, 1.54) is 5.56 Å². The summed E-state index contributed by atoms with van der Waals surface area (Å²) in [7, 11) is 0. The Morgan fingerprint density at radius 1 is 0.889 bits per heavy atom. The second kappa shape index (κ2) is 7.92. The molecule has 5 nitrogen and oxygen atoms in total. The van der Waals surface area contributed by atoms with Crippen LogP contribution in [0, 0.1) is 5.92 Å². The Labute approximate surface area is 160 Å². The molecule has 0 unspecified atom stereocenters. The number of para-hydroxylation sites is 1. The van der Waals surface area contributed by atoms with Gasteiger partial charge in [-0.3, -0.25) is 14.5 Å². The van der Waals surface area contributed by atoms with E-state index in [2.05, 4.69) is 29.2 Å². The molecule has 0 bridgehead atoms. The molecule has 2 heterocycles. The summed E-state index contributed by atoms with van der Waals surface area (Å²) in [5, 5.41) is 0. The zero-order valence-corrected chi connectivity index (χ0v) is 15.5. The van der Waals surface area contributed by atoms with Crippen LogP contribution in [-0.4, -0.2) is 54.3 Å². The zero-order valence-electron chi connectivity index (χ0n) is 15.5. The fraction of sp³-hybridized carbons (Fsp3) is 0.364. The smallest absolute Gasteiger partial charge is 0.228 e. The molecule has 2 aliphatic heterocycles. The lowest BCUT2D eigenvalue weighted by Gasteiger charge is -2.35. The number of hydrogen-bond acceptors (Lipinski definition) is 3. The minimum atomic E-state index is -0.224. The first-order chi connectivity index (χ1) is 13.2. The molecule has 0 radical (unpaired) electrons. The molecule has 27 heavy (non-hydrogen) atoms. The van der Waals surface area contributed by atoms with Gasteiger partial charge in [0.2, 0.25) is 11.8 Å². The van der Waals surface area contributed by atoms with Gasteiger partial charge in [0.25, 0.3) is 0 Å². The molecule has 140 valence electrons. The first kappa shape index (κ1) is 17.7. The van der Waals surface area contributed by atoms with Crippen molar-refractivity contribution >= 4 is 17.5 Å². The summed E-state index contributed by atoms with van der Waals surface area (Å²) in [5.41, 5.74) is 2.18. The Hall–Kier alpha value is -2.66. The lowest BCUT2D eigenvalue weighted by molar-refractivity contribution is -0.137. The van der Waals surface area contributed by atoms with Crippen molar-refractivity contribution in [1.29, 1.82) is 0 Å². The molecule has 2 saturated heterocycles. The van der Waals surface area contributed by atoms with Crippen LogP contribution in [0.5, 0.6) is 0 Å². The Kier molecular flexibility index (Phi) is 5.21. The molecule has 0 aliphatic carbocycles. The highest BCUT2D eigenvalue weighted by molar-refractivity contribution is 6.00. The van der Waals surface area contributed by atoms with Gasteiger partial charge in [-0.1, -0.05) is 48.5 Å². The quantitative estimate of drug-likeness (QED) is 0.838. The van der Waals surface area contributed by atoms with Gasteiger partial charge in [-0.2, -0.15) is 0 Å². The van der Waals surface area contributed by atoms with E-state index in [1.54, 1.807) is 4.90 Å². The number of hydrogen-bond donors (Lipinski definition) is 0. The van der Waals surface area contributed by atoms with Crippen LogP contribution in [-0.2, 0) is 16.1 Å². The minimum absolute atomic E-state index is 0.0438. The number of benzene rings is 2. The Morgan fingerprint density at radius 3 is 2.19 bits per heavy atom. The third kappa shape index (κ3) is 4.03. The number of nitrogens with zero attached hydrogens (tertiary/aromatic N) is 3. The number of amides is 2. The first-order valence-electron chi connectivity index (χ1n) is 9.61. The number of carbonyl (C=O) groups excluding carboxylic acids is 2. The molecule has 2 aromatic rings. The monoisotopic (exact) mass is 363 g/mol. The minimum Gasteiger partial charge on any atom is -0.340 e. The molecule has 0 spiro atoms. The molecule has 1 atom stereocenters. The summed E-state index contributed by atoms with van der Waals surface area (Å²) in [6.07, 6.45) is 0.317. The van der Waals surface area contributed by atoms with Crippen LogP contribution in [0.25, 0.3) is 0 Å². The number of carbonyl (C=O) groups is 2. The van der Waals surface area contributed by atoms with E-state index >= 15 is 0 Å². The largest absolute Gasteiger partial charge is 0.340 e. The number of piperazine rings is 1. The van der Waals surface area contributed by atoms with Crippen LogP contribution in [0.1, 0.15) is 12.0 Å². The standard InChI is InChI=1S/C22H25N3O2/c26-21-15-19(17-25(21)20-9-5-2-6-10-20)22(27)24-13-11-23(12-14-24)16-18-7-3-1-4-8-18/h1-10,19H,11-17H2/t19-/m0/s1. The summed E-state index contributed by atoms with van der Waals surface area (Å²) in [4.78, 5) is 31.4. The predicted molar refractivity (Wildman–Crippen MR) is 105 cm³/mol. The summed E-state index contributed by atoms with van der Waals surface area (Å²) >= 11 is 0. The summed E-state index contributed by atoms with van der Waals surface area (Å²) in [6, 6.07) is 20.0. The predicted octanol–water partition coefficient (Wildman–Crippen LogP) is 2.38. The molecule has 0 saturated carbocycles. The molecule has 2 aromatic carbocycles. The third-order valence-corrected chi connectivity index (χ3v) is 5.48. The molecular weight excluding hydrogens is 338 g/mol. The van der Waals surface area contributed by atoms with Crippen molar-refractivity contribution < 1.29 is 9.59 Å². The van der Waals surface area contributed by atoms with Gasteiger partial charge in [-0.15, -0.1) is 0 Å². The first-order valence-corrected chi connectivity index (χ1v) is 9.61. The maximum absolute atomic E-state index is 12.9. The van der Waals surface area contributed by atoms with Crippen LogP contribution in [0.3, 0.4) is 0 Å². The SMILES string of the molecule is O=C([C@H]1CC(=O)N(c2ccccc2)C1)N1CCN(Cc2ccccc2)CC1. The molecular formula is C22H25N3O2. The van der Waals surface area contributed by atoms with Gasteiger partial charge in [0.15, 0.2) is 0 Å². The number of anilines is 1. The molecule has 2 amide bonds. The van der Waals surface area contributed by atoms with Crippen LogP contribution < -0.4 is 4.90 Å². The van der Waals surface area contributed by atoms with Crippen LogP contribution >= 0.6 is 0 Å². The van der Waals surface area contributed by atoms with Gasteiger partial charge in [0.1, 0.15) is 0 Å². The number of rotatable bonds is 4. The topological polar surface area (TPSA) is 43.9 Å². The molecule has 0 N–H and O–H groups in total. The fourth-order valence-electron chi connectivity index (χ4n) is 3.96. The normalized spacial score (nSPS) is 20.9. The van der Waals surface area contributed by atoms with Crippen molar-refractivity contribution in [3.05, 3.63) is 66.2 Å². The average Bonchev–Trinajstić information content (AvgIpc) is 3.11. The zero-order chi connectivity index (χ0) is 18.6. The summed E-state index contributed by atoms with van der Waals surface area (Å²) < 4.78 is 0. The van der Waals surface area contributed by atoms with Gasteiger partial charge >= 0.3 is 0 Å². The third-order valence-electron chi connectivity index (χ3n) is 5.48. The van der Waals surface area contributed by atoms with Gasteiger partial charge in [-0.25, -0.2) is 0 Å². The average molecular weight is 363 g/mol. The summed E-state index contributed by atoms with van der Waals surface area (Å²) in [5.74, 6) is -0.0539. The maximum Gasteiger partial charge on any atom is 0.228 e. The van der Waals surface area contributed by atoms with Crippen molar-refractivity contribution in [3.63, 3.8) is 0 Å². The molecule has 0 aromatic heterocycles. The Balaban J connectivity index is 1.31. The van der Waals surface area contributed by atoms with Crippen molar-refractivity contribution in [1.82, 2.24) is 9.80 Å². The van der Waals surface area contributed by atoms with Crippen molar-refractivity contribution in [2.75, 3.05) is 37.6 Å². The van der Waals surface area contributed by atoms with Gasteiger partial charge < -0.3 is 9.80 Å². The van der Waals surface area contributed by atoms with Crippen molar-refractivity contribution in [2.24, 2.45) is 5.92 Å². The van der Waals surface area contributed by atoms with E-state index < -0.39 is 0 Å². The van der Waals surface area contributed by atoms with E-state index in [0.717, 1.165) is 38.4 Å². The van der Waals surface area contributed by atoms with E-state index in [0.29, 0.717) is 13.0 Å². The van der Waals surface area contributed by atoms with Crippen molar-refractivity contribution in [2.45, 2.75) is 13.0 Å². The highest BCUT2D eigenvalue weighted by Crippen LogP contribution is 2.26. The Bertz CT molecular complexity index is 786. The van der Waals surface area contributed by atoms with E-state index in [1.807, 2.05) is 41.3 Å². The molecule has 2 aliphatic rings. The van der Waals surface area contributed by atoms with E-state index in [-0.39, 0.29) is 17.7 Å². The van der Waals surface area contributed by atoms with Crippen LogP contribution in [0.4, 0.5) is 5.69 Å². The van der Waals surface area contributed by atoms with Crippen LogP contribution in [0.15, 0.2) is 60.7 Å². The fourth-order valence-corrected chi connectivity index (χ4v) is 3.96. The highest BCUT2D eigenvalue weighted by Gasteiger charge is 2.37. The maximum atomic E-state index is 12.9. The van der Waals surface area contributed by atoms with E-state index in [9.17, 15) is 9.59 Å². The lowest BCUT2D eigenvalue weighted by Crippen LogP contribution is -2.50. The molecule has 2 fully saturated rings. The molecule has 4 rings (SSSR count). The van der Waals surface area contributed by atoms with Gasteiger partial charge in [0, 0.05) is 51.4 Å². The van der Waals surface area contributed by atoms with Crippen LogP contribution in [0.2, 0.25) is 0 Å². The Morgan fingerprint density at radius 2 is 1.52 bits per heavy atom. The highest BCUT2D eigenvalue weighted by atomic mass is 16.2. The summed E-state index contributed by atoms with van der Waals surface area (Å²) in [6.45, 7) is 4.65.